The Labute approximate surface area is 203 Å². The minimum absolute atomic E-state index is 0.164. The number of ether oxygens (including phenoxy) is 1. The van der Waals surface area contributed by atoms with E-state index in [1.165, 1.54) is 5.56 Å². The fourth-order valence-corrected chi connectivity index (χ4v) is 4.30. The van der Waals surface area contributed by atoms with E-state index >= 15 is 0 Å². The predicted octanol–water partition coefficient (Wildman–Crippen LogP) is 5.09. The molecule has 4 aromatic carbocycles. The Balaban J connectivity index is 1.38. The van der Waals surface area contributed by atoms with Crippen molar-refractivity contribution in [1.82, 2.24) is 4.90 Å². The number of amides is 2. The standard InChI is InChI=1S/C30H23NO4/c32-28-25-13-7-8-14-26(25)29(33)31(28)27(20-22-11-5-2-6-12-22)30(34)35-24-17-15-23(16-18-24)19-21-9-3-1-4-10-21/h1-18,27H,19-20H2/t27-/m1/s1. The Kier molecular flexibility index (Phi) is 6.22. The van der Waals surface area contributed by atoms with Gasteiger partial charge in [-0.2, -0.15) is 0 Å². The summed E-state index contributed by atoms with van der Waals surface area (Å²) in [4.78, 5) is 40.6. The van der Waals surface area contributed by atoms with E-state index in [2.05, 4.69) is 12.1 Å². The van der Waals surface area contributed by atoms with Gasteiger partial charge in [0.1, 0.15) is 11.8 Å². The van der Waals surface area contributed by atoms with Crippen LogP contribution in [0.5, 0.6) is 5.75 Å². The summed E-state index contributed by atoms with van der Waals surface area (Å²) in [6.07, 6.45) is 0.929. The van der Waals surface area contributed by atoms with Crippen molar-refractivity contribution < 1.29 is 19.1 Å². The molecule has 0 aliphatic carbocycles. The van der Waals surface area contributed by atoms with Crippen molar-refractivity contribution in [2.24, 2.45) is 0 Å². The van der Waals surface area contributed by atoms with E-state index in [1.807, 2.05) is 60.7 Å². The largest absolute Gasteiger partial charge is 0.425 e. The molecule has 0 unspecified atom stereocenters. The van der Waals surface area contributed by atoms with Gasteiger partial charge in [-0.1, -0.05) is 84.9 Å². The first-order chi connectivity index (χ1) is 17.1. The summed E-state index contributed by atoms with van der Waals surface area (Å²) >= 11 is 0. The van der Waals surface area contributed by atoms with E-state index < -0.39 is 23.8 Å². The molecular formula is C30H23NO4. The number of carbonyl (C=O) groups excluding carboxylic acids is 3. The zero-order chi connectivity index (χ0) is 24.2. The molecule has 0 fully saturated rings. The van der Waals surface area contributed by atoms with Crippen LogP contribution in [-0.4, -0.2) is 28.7 Å². The second-order valence-corrected chi connectivity index (χ2v) is 8.46. The molecule has 35 heavy (non-hydrogen) atoms. The van der Waals surface area contributed by atoms with Crippen LogP contribution in [0.25, 0.3) is 0 Å². The monoisotopic (exact) mass is 461 g/mol. The van der Waals surface area contributed by atoms with Crippen molar-refractivity contribution in [1.29, 1.82) is 0 Å². The van der Waals surface area contributed by atoms with Gasteiger partial charge in [0.05, 0.1) is 11.1 Å². The molecule has 0 bridgehead atoms. The normalized spacial score (nSPS) is 13.4. The quantitative estimate of drug-likeness (QED) is 0.218. The number of fused-ring (bicyclic) bond motifs is 1. The second-order valence-electron chi connectivity index (χ2n) is 8.46. The molecule has 0 saturated heterocycles. The topological polar surface area (TPSA) is 63.7 Å². The van der Waals surface area contributed by atoms with Crippen molar-refractivity contribution >= 4 is 17.8 Å². The molecule has 0 N–H and O–H groups in total. The first kappa shape index (κ1) is 22.3. The van der Waals surface area contributed by atoms with Crippen molar-refractivity contribution in [3.8, 4) is 5.75 Å². The molecular weight excluding hydrogens is 438 g/mol. The Hall–Kier alpha value is -4.51. The van der Waals surface area contributed by atoms with Crippen LogP contribution in [0, 0.1) is 0 Å². The van der Waals surface area contributed by atoms with Gasteiger partial charge >= 0.3 is 5.97 Å². The summed E-state index contributed by atoms with van der Waals surface area (Å²) in [5, 5.41) is 0. The molecule has 0 spiro atoms. The molecule has 172 valence electrons. The average molecular weight is 462 g/mol. The highest BCUT2D eigenvalue weighted by Gasteiger charge is 2.43. The molecule has 1 atom stereocenters. The highest BCUT2D eigenvalue weighted by atomic mass is 16.5. The van der Waals surface area contributed by atoms with Crippen molar-refractivity contribution in [2.45, 2.75) is 18.9 Å². The fraction of sp³-hybridized carbons (Fsp3) is 0.100. The first-order valence-corrected chi connectivity index (χ1v) is 11.5. The number of carbonyl (C=O) groups is 3. The predicted molar refractivity (Wildman–Crippen MR) is 132 cm³/mol. The van der Waals surface area contributed by atoms with Crippen molar-refractivity contribution in [2.75, 3.05) is 0 Å². The molecule has 0 aromatic heterocycles. The maximum Gasteiger partial charge on any atom is 0.335 e. The second kappa shape index (κ2) is 9.77. The average Bonchev–Trinajstić information content (AvgIpc) is 3.15. The minimum Gasteiger partial charge on any atom is -0.425 e. The van der Waals surface area contributed by atoms with Gasteiger partial charge in [0.15, 0.2) is 0 Å². The van der Waals surface area contributed by atoms with Crippen molar-refractivity contribution in [3.05, 3.63) is 137 Å². The van der Waals surface area contributed by atoms with Crippen LogP contribution in [0.1, 0.15) is 37.4 Å². The molecule has 1 aliphatic rings. The Morgan fingerprint density at radius 3 is 1.69 bits per heavy atom. The number of benzene rings is 4. The molecule has 5 nitrogen and oxygen atoms in total. The van der Waals surface area contributed by atoms with Gasteiger partial charge in [0.25, 0.3) is 11.8 Å². The number of rotatable bonds is 7. The van der Waals surface area contributed by atoms with E-state index in [-0.39, 0.29) is 6.42 Å². The smallest absolute Gasteiger partial charge is 0.335 e. The lowest BCUT2D eigenvalue weighted by Crippen LogP contribution is -2.48. The Morgan fingerprint density at radius 1 is 0.629 bits per heavy atom. The highest BCUT2D eigenvalue weighted by molar-refractivity contribution is 6.22. The van der Waals surface area contributed by atoms with E-state index in [0.29, 0.717) is 16.9 Å². The molecule has 4 aromatic rings. The van der Waals surface area contributed by atoms with E-state index in [9.17, 15) is 14.4 Å². The summed E-state index contributed by atoms with van der Waals surface area (Å²) in [6.45, 7) is 0. The first-order valence-electron chi connectivity index (χ1n) is 11.5. The lowest BCUT2D eigenvalue weighted by molar-refractivity contribution is -0.138. The molecule has 1 heterocycles. The molecule has 2 amide bonds. The van der Waals surface area contributed by atoms with E-state index in [1.54, 1.807) is 36.4 Å². The zero-order valence-corrected chi connectivity index (χ0v) is 19.0. The summed E-state index contributed by atoms with van der Waals surface area (Å²) < 4.78 is 5.68. The van der Waals surface area contributed by atoms with Crippen LogP contribution in [0.4, 0.5) is 0 Å². The third kappa shape index (κ3) is 4.75. The van der Waals surface area contributed by atoms with Crippen LogP contribution in [0.2, 0.25) is 0 Å². The molecule has 5 heteroatoms. The number of imide groups is 1. The third-order valence-electron chi connectivity index (χ3n) is 6.07. The number of nitrogens with zero attached hydrogens (tertiary/aromatic N) is 1. The van der Waals surface area contributed by atoms with Crippen LogP contribution in [0.3, 0.4) is 0 Å². The van der Waals surface area contributed by atoms with Crippen LogP contribution in [-0.2, 0) is 17.6 Å². The lowest BCUT2D eigenvalue weighted by atomic mass is 10.0. The minimum atomic E-state index is -1.09. The maximum absolute atomic E-state index is 13.4. The fourth-order valence-electron chi connectivity index (χ4n) is 4.30. The summed E-state index contributed by atoms with van der Waals surface area (Å²) in [5.74, 6) is -1.26. The van der Waals surface area contributed by atoms with Crippen LogP contribution in [0.15, 0.2) is 109 Å². The van der Waals surface area contributed by atoms with Gasteiger partial charge in [-0.15, -0.1) is 0 Å². The van der Waals surface area contributed by atoms with Gasteiger partial charge in [0, 0.05) is 6.42 Å². The van der Waals surface area contributed by atoms with Gasteiger partial charge in [-0.3, -0.25) is 14.5 Å². The molecule has 0 radical (unpaired) electrons. The van der Waals surface area contributed by atoms with Gasteiger partial charge < -0.3 is 4.74 Å². The summed E-state index contributed by atoms with van der Waals surface area (Å²) in [5.41, 5.74) is 3.69. The van der Waals surface area contributed by atoms with E-state index in [4.69, 9.17) is 4.74 Å². The molecule has 0 saturated carbocycles. The number of esters is 1. The SMILES string of the molecule is O=C(Oc1ccc(Cc2ccccc2)cc1)[C@@H](Cc1ccccc1)N1C(=O)c2ccccc2C1=O. The van der Waals surface area contributed by atoms with Gasteiger partial charge in [-0.25, -0.2) is 4.79 Å². The van der Waals surface area contributed by atoms with Crippen LogP contribution >= 0.6 is 0 Å². The maximum atomic E-state index is 13.4. The third-order valence-corrected chi connectivity index (χ3v) is 6.07. The molecule has 1 aliphatic heterocycles. The highest BCUT2D eigenvalue weighted by Crippen LogP contribution is 2.27. The lowest BCUT2D eigenvalue weighted by Gasteiger charge is -2.24. The number of hydrogen-bond acceptors (Lipinski definition) is 4. The zero-order valence-electron chi connectivity index (χ0n) is 19.0. The van der Waals surface area contributed by atoms with Crippen LogP contribution < -0.4 is 4.74 Å². The van der Waals surface area contributed by atoms with Crippen molar-refractivity contribution in [3.63, 3.8) is 0 Å². The number of hydrogen-bond donors (Lipinski definition) is 0. The Morgan fingerprint density at radius 2 is 1.11 bits per heavy atom. The molecule has 5 rings (SSSR count). The van der Waals surface area contributed by atoms with Gasteiger partial charge in [0.2, 0.25) is 0 Å². The summed E-state index contributed by atoms with van der Waals surface area (Å²) in [7, 11) is 0. The Bertz CT molecular complexity index is 1330. The van der Waals surface area contributed by atoms with E-state index in [0.717, 1.165) is 22.4 Å². The van der Waals surface area contributed by atoms with Gasteiger partial charge in [-0.05, 0) is 47.4 Å². The summed E-state index contributed by atoms with van der Waals surface area (Å²) in [6, 6.07) is 32.2.